The summed E-state index contributed by atoms with van der Waals surface area (Å²) in [6, 6.07) is 10.7. The molecule has 0 aliphatic heterocycles. The standard InChI is InChI=1S/C25H16Cl5F2N3O3/c1-10(36)33-18-7-6-17(31)22(21(18)32)35-23(37)13-9-12(3-5-14(13)26)34-24(38)20-19(25(20,29)30)11-2-4-15(27)16(28)8-11/h2-9,19-20H,1H3,(H,33,36)(H,34,38)(H,35,37)/t19-,20+/m0/s1. The Bertz CT molecular complexity index is 1480. The fraction of sp³-hybridized carbons (Fsp3) is 0.160. The fourth-order valence-corrected chi connectivity index (χ4v) is 5.24. The van der Waals surface area contributed by atoms with E-state index in [2.05, 4.69) is 16.0 Å². The van der Waals surface area contributed by atoms with E-state index < -0.39 is 51.2 Å². The van der Waals surface area contributed by atoms with Crippen LogP contribution in [-0.4, -0.2) is 22.1 Å². The Kier molecular flexibility index (Phi) is 8.12. The maximum absolute atomic E-state index is 14.7. The van der Waals surface area contributed by atoms with Crippen molar-refractivity contribution >= 4 is 92.8 Å². The first-order chi connectivity index (χ1) is 17.8. The molecule has 3 aromatic carbocycles. The van der Waals surface area contributed by atoms with Gasteiger partial charge in [0.2, 0.25) is 11.8 Å². The number of rotatable bonds is 6. The Morgan fingerprint density at radius 2 is 1.53 bits per heavy atom. The van der Waals surface area contributed by atoms with Crippen LogP contribution in [0.15, 0.2) is 48.5 Å². The second kappa shape index (κ2) is 10.9. The molecule has 1 aliphatic rings. The molecule has 0 saturated heterocycles. The van der Waals surface area contributed by atoms with Crippen molar-refractivity contribution in [3.05, 3.63) is 86.4 Å². The van der Waals surface area contributed by atoms with Crippen LogP contribution in [0.2, 0.25) is 15.1 Å². The summed E-state index contributed by atoms with van der Waals surface area (Å²) in [4.78, 5) is 37.1. The lowest BCUT2D eigenvalue weighted by molar-refractivity contribution is -0.117. The van der Waals surface area contributed by atoms with Crippen LogP contribution in [0.3, 0.4) is 0 Å². The van der Waals surface area contributed by atoms with Gasteiger partial charge in [-0.3, -0.25) is 14.4 Å². The molecule has 6 nitrogen and oxygen atoms in total. The molecular weight excluding hydrogens is 606 g/mol. The van der Waals surface area contributed by atoms with Crippen LogP contribution in [0.5, 0.6) is 0 Å². The average Bonchev–Trinajstić information content (AvgIpc) is 3.43. The van der Waals surface area contributed by atoms with Crippen molar-refractivity contribution < 1.29 is 23.2 Å². The molecule has 4 rings (SSSR count). The number of benzene rings is 3. The number of hydrogen-bond donors (Lipinski definition) is 3. The number of nitrogens with one attached hydrogen (secondary N) is 3. The van der Waals surface area contributed by atoms with E-state index in [1.54, 1.807) is 18.2 Å². The number of halogens is 7. The van der Waals surface area contributed by atoms with Gasteiger partial charge in [-0.05, 0) is 48.0 Å². The smallest absolute Gasteiger partial charge is 0.257 e. The molecule has 0 aromatic heterocycles. The molecular formula is C25H16Cl5F2N3O3. The number of anilines is 3. The van der Waals surface area contributed by atoms with Crippen LogP contribution >= 0.6 is 58.0 Å². The summed E-state index contributed by atoms with van der Waals surface area (Å²) >= 11 is 30.9. The molecule has 0 radical (unpaired) electrons. The highest BCUT2D eigenvalue weighted by atomic mass is 35.5. The van der Waals surface area contributed by atoms with Crippen molar-refractivity contribution in [3.8, 4) is 0 Å². The van der Waals surface area contributed by atoms with Crippen LogP contribution in [0.1, 0.15) is 28.8 Å². The van der Waals surface area contributed by atoms with Crippen LogP contribution in [0.25, 0.3) is 0 Å². The first-order valence-corrected chi connectivity index (χ1v) is 12.7. The highest BCUT2D eigenvalue weighted by Crippen LogP contribution is 2.65. The van der Waals surface area contributed by atoms with E-state index in [1.807, 2.05) is 0 Å². The van der Waals surface area contributed by atoms with Gasteiger partial charge in [-0.2, -0.15) is 0 Å². The second-order valence-electron chi connectivity index (χ2n) is 8.41. The van der Waals surface area contributed by atoms with E-state index >= 15 is 0 Å². The van der Waals surface area contributed by atoms with Gasteiger partial charge in [-0.25, -0.2) is 8.78 Å². The van der Waals surface area contributed by atoms with E-state index in [1.165, 1.54) is 18.2 Å². The average molecular weight is 622 g/mol. The fourth-order valence-electron chi connectivity index (χ4n) is 3.90. The molecule has 1 aliphatic carbocycles. The van der Waals surface area contributed by atoms with Gasteiger partial charge in [0.05, 0.1) is 32.2 Å². The maximum atomic E-state index is 14.7. The minimum Gasteiger partial charge on any atom is -0.326 e. The van der Waals surface area contributed by atoms with Crippen molar-refractivity contribution in [1.29, 1.82) is 0 Å². The lowest BCUT2D eigenvalue weighted by Crippen LogP contribution is -2.19. The van der Waals surface area contributed by atoms with E-state index in [0.29, 0.717) is 10.6 Å². The van der Waals surface area contributed by atoms with Crippen LogP contribution in [0, 0.1) is 17.6 Å². The van der Waals surface area contributed by atoms with Gasteiger partial charge < -0.3 is 16.0 Å². The number of hydrogen-bond acceptors (Lipinski definition) is 3. The first-order valence-electron chi connectivity index (χ1n) is 10.8. The molecule has 1 fully saturated rings. The summed E-state index contributed by atoms with van der Waals surface area (Å²) in [7, 11) is 0. The van der Waals surface area contributed by atoms with Gasteiger partial charge >= 0.3 is 0 Å². The summed E-state index contributed by atoms with van der Waals surface area (Å²) in [6.07, 6.45) is 0. The second-order valence-corrected chi connectivity index (χ2v) is 11.1. The third-order valence-electron chi connectivity index (χ3n) is 5.76. The Balaban J connectivity index is 1.53. The van der Waals surface area contributed by atoms with Crippen molar-refractivity contribution in [3.63, 3.8) is 0 Å². The quantitative estimate of drug-likeness (QED) is 0.247. The molecule has 13 heteroatoms. The Labute approximate surface area is 240 Å². The summed E-state index contributed by atoms with van der Waals surface area (Å²) in [5, 5.41) is 7.50. The third kappa shape index (κ3) is 5.70. The van der Waals surface area contributed by atoms with Crippen LogP contribution < -0.4 is 16.0 Å². The number of carbonyl (C=O) groups is 3. The summed E-state index contributed by atoms with van der Waals surface area (Å²) < 4.78 is 27.6. The molecule has 198 valence electrons. The van der Waals surface area contributed by atoms with Crippen molar-refractivity contribution in [2.45, 2.75) is 17.2 Å². The van der Waals surface area contributed by atoms with Crippen LogP contribution in [-0.2, 0) is 9.59 Å². The predicted molar refractivity (Wildman–Crippen MR) is 146 cm³/mol. The minimum absolute atomic E-state index is 0.0523. The van der Waals surface area contributed by atoms with Gasteiger partial charge in [0, 0.05) is 18.5 Å². The molecule has 0 spiro atoms. The van der Waals surface area contributed by atoms with Crippen LogP contribution in [0.4, 0.5) is 25.8 Å². The summed E-state index contributed by atoms with van der Waals surface area (Å²) in [6.45, 7) is 1.15. The molecule has 0 heterocycles. The Morgan fingerprint density at radius 1 is 0.842 bits per heavy atom. The topological polar surface area (TPSA) is 87.3 Å². The van der Waals surface area contributed by atoms with Gasteiger partial charge in [-0.15, -0.1) is 23.2 Å². The largest absolute Gasteiger partial charge is 0.326 e. The third-order valence-corrected chi connectivity index (χ3v) is 7.77. The minimum atomic E-state index is -1.41. The van der Waals surface area contributed by atoms with Gasteiger partial charge in [0.1, 0.15) is 15.8 Å². The molecule has 3 amide bonds. The normalized spacial score (nSPS) is 17.5. The molecule has 38 heavy (non-hydrogen) atoms. The van der Waals surface area contributed by atoms with Crippen molar-refractivity contribution in [1.82, 2.24) is 0 Å². The number of carbonyl (C=O) groups excluding carboxylic acids is 3. The zero-order valence-corrected chi connectivity index (χ0v) is 22.9. The molecule has 3 aromatic rings. The number of alkyl halides is 2. The van der Waals surface area contributed by atoms with Gasteiger partial charge in [-0.1, -0.05) is 40.9 Å². The van der Waals surface area contributed by atoms with E-state index in [-0.39, 0.29) is 27.0 Å². The predicted octanol–water partition coefficient (Wildman–Crippen LogP) is 7.66. The monoisotopic (exact) mass is 619 g/mol. The lowest BCUT2D eigenvalue weighted by atomic mass is 10.1. The first kappa shape index (κ1) is 28.4. The van der Waals surface area contributed by atoms with E-state index in [4.69, 9.17) is 58.0 Å². The lowest BCUT2D eigenvalue weighted by Gasteiger charge is -2.13. The highest BCUT2D eigenvalue weighted by Gasteiger charge is 2.67. The Morgan fingerprint density at radius 3 is 2.18 bits per heavy atom. The zero-order chi connectivity index (χ0) is 27.9. The molecule has 1 saturated carbocycles. The number of amides is 3. The SMILES string of the molecule is CC(=O)Nc1ccc(F)c(NC(=O)c2cc(NC(=O)[C@H]3[C@H](c4ccc(Cl)c(Cl)c4)C3(Cl)Cl)ccc2Cl)c1F. The summed E-state index contributed by atoms with van der Waals surface area (Å²) in [5.41, 5.74) is -0.531. The molecule has 2 atom stereocenters. The molecule has 0 unspecified atom stereocenters. The summed E-state index contributed by atoms with van der Waals surface area (Å²) in [5.74, 6) is -5.78. The van der Waals surface area contributed by atoms with E-state index in [9.17, 15) is 23.2 Å². The van der Waals surface area contributed by atoms with Gasteiger partial charge in [0.15, 0.2) is 5.82 Å². The van der Waals surface area contributed by atoms with E-state index in [0.717, 1.165) is 19.1 Å². The Hall–Kier alpha value is -2.62. The van der Waals surface area contributed by atoms with Gasteiger partial charge in [0.25, 0.3) is 5.91 Å². The van der Waals surface area contributed by atoms with Crippen molar-refractivity contribution in [2.75, 3.05) is 16.0 Å². The zero-order valence-electron chi connectivity index (χ0n) is 19.1. The molecule has 0 bridgehead atoms. The van der Waals surface area contributed by atoms with Crippen molar-refractivity contribution in [2.24, 2.45) is 5.92 Å². The molecule has 3 N–H and O–H groups in total. The highest BCUT2D eigenvalue weighted by molar-refractivity contribution is 6.53. The maximum Gasteiger partial charge on any atom is 0.257 e.